The van der Waals surface area contributed by atoms with Crippen LogP contribution in [0, 0.1) is 13.8 Å². The molecule has 0 aliphatic rings. The number of rotatable bonds is 10. The zero-order chi connectivity index (χ0) is 15.0. The SMILES string of the molecule is C=CCCCCCC(Cc1c(C)nn(C)c1C)NCC. The van der Waals surface area contributed by atoms with Crippen molar-refractivity contribution in [3.05, 3.63) is 29.6 Å². The highest BCUT2D eigenvalue weighted by molar-refractivity contribution is 5.25. The summed E-state index contributed by atoms with van der Waals surface area (Å²) in [5.41, 5.74) is 3.90. The Hall–Kier alpha value is -1.09. The van der Waals surface area contributed by atoms with Crippen LogP contribution in [-0.2, 0) is 13.5 Å². The van der Waals surface area contributed by atoms with Gasteiger partial charge in [0.1, 0.15) is 0 Å². The van der Waals surface area contributed by atoms with Gasteiger partial charge in [-0.2, -0.15) is 5.10 Å². The summed E-state index contributed by atoms with van der Waals surface area (Å²) in [6, 6.07) is 0.574. The molecule has 1 unspecified atom stereocenters. The van der Waals surface area contributed by atoms with Gasteiger partial charge in [0.2, 0.25) is 0 Å². The topological polar surface area (TPSA) is 29.9 Å². The lowest BCUT2D eigenvalue weighted by Crippen LogP contribution is -2.31. The standard InChI is InChI=1S/C17H31N3/c1-6-8-9-10-11-12-16(18-7-2)13-17-14(3)19-20(5)15(17)4/h6,16,18H,1,7-13H2,2-5H3. The van der Waals surface area contributed by atoms with Crippen LogP contribution in [-0.4, -0.2) is 22.4 Å². The van der Waals surface area contributed by atoms with Crippen molar-refractivity contribution in [3.8, 4) is 0 Å². The highest BCUT2D eigenvalue weighted by Crippen LogP contribution is 2.17. The van der Waals surface area contributed by atoms with E-state index in [-0.39, 0.29) is 0 Å². The van der Waals surface area contributed by atoms with E-state index in [4.69, 9.17) is 0 Å². The van der Waals surface area contributed by atoms with E-state index < -0.39 is 0 Å². The number of hydrogen-bond donors (Lipinski definition) is 1. The lowest BCUT2D eigenvalue weighted by molar-refractivity contribution is 0.463. The second-order valence-corrected chi connectivity index (χ2v) is 5.66. The van der Waals surface area contributed by atoms with Crippen LogP contribution in [0.3, 0.4) is 0 Å². The average molecular weight is 277 g/mol. The molecule has 20 heavy (non-hydrogen) atoms. The number of aryl methyl sites for hydroxylation is 2. The molecule has 1 aromatic rings. The van der Waals surface area contributed by atoms with Crippen LogP contribution in [0.5, 0.6) is 0 Å². The Morgan fingerprint density at radius 3 is 2.60 bits per heavy atom. The van der Waals surface area contributed by atoms with Crippen molar-refractivity contribution >= 4 is 0 Å². The van der Waals surface area contributed by atoms with Gasteiger partial charge in [-0.1, -0.05) is 25.8 Å². The summed E-state index contributed by atoms with van der Waals surface area (Å²) in [7, 11) is 2.03. The molecule has 0 saturated carbocycles. The molecule has 3 heteroatoms. The molecule has 1 rings (SSSR count). The first-order valence-electron chi connectivity index (χ1n) is 7.93. The second kappa shape index (κ2) is 8.96. The molecule has 0 radical (unpaired) electrons. The highest BCUT2D eigenvalue weighted by atomic mass is 15.3. The molecule has 0 aromatic carbocycles. The number of allylic oxidation sites excluding steroid dienone is 1. The van der Waals surface area contributed by atoms with Crippen molar-refractivity contribution in [3.63, 3.8) is 0 Å². The fraction of sp³-hybridized carbons (Fsp3) is 0.706. The number of nitrogens with zero attached hydrogens (tertiary/aromatic N) is 2. The van der Waals surface area contributed by atoms with E-state index in [0.29, 0.717) is 6.04 Å². The van der Waals surface area contributed by atoms with Crippen LogP contribution in [0.4, 0.5) is 0 Å². The lowest BCUT2D eigenvalue weighted by atomic mass is 9.98. The van der Waals surface area contributed by atoms with E-state index in [0.717, 1.165) is 19.4 Å². The van der Waals surface area contributed by atoms with Crippen molar-refractivity contribution < 1.29 is 0 Å². The van der Waals surface area contributed by atoms with Crippen LogP contribution in [0.2, 0.25) is 0 Å². The second-order valence-electron chi connectivity index (χ2n) is 5.66. The Balaban J connectivity index is 2.51. The smallest absolute Gasteiger partial charge is 0.0628 e. The van der Waals surface area contributed by atoms with Gasteiger partial charge in [0.15, 0.2) is 0 Å². The third-order valence-electron chi connectivity index (χ3n) is 4.06. The molecule has 0 bridgehead atoms. The Labute approximate surface area is 124 Å². The molecule has 114 valence electrons. The molecule has 1 heterocycles. The van der Waals surface area contributed by atoms with Crippen molar-refractivity contribution in [1.29, 1.82) is 0 Å². The quantitative estimate of drug-likeness (QED) is 0.522. The maximum Gasteiger partial charge on any atom is 0.0628 e. The predicted octanol–water partition coefficient (Wildman–Crippen LogP) is 3.69. The lowest BCUT2D eigenvalue weighted by Gasteiger charge is -2.18. The average Bonchev–Trinajstić information content (AvgIpc) is 2.65. The third kappa shape index (κ3) is 5.12. The molecule has 0 fully saturated rings. The number of hydrogen-bond acceptors (Lipinski definition) is 2. The van der Waals surface area contributed by atoms with E-state index >= 15 is 0 Å². The molecule has 1 atom stereocenters. The first kappa shape index (κ1) is 17.0. The van der Waals surface area contributed by atoms with Crippen LogP contribution in [0.1, 0.15) is 56.0 Å². The molecule has 3 nitrogen and oxygen atoms in total. The van der Waals surface area contributed by atoms with Gasteiger partial charge in [0, 0.05) is 18.8 Å². The normalized spacial score (nSPS) is 12.6. The van der Waals surface area contributed by atoms with Crippen LogP contribution in [0.15, 0.2) is 12.7 Å². The largest absolute Gasteiger partial charge is 0.314 e. The Bertz CT molecular complexity index is 407. The molecule has 0 saturated heterocycles. The van der Waals surface area contributed by atoms with E-state index in [2.05, 4.69) is 37.8 Å². The number of aromatic nitrogens is 2. The molecule has 0 aliphatic heterocycles. The minimum absolute atomic E-state index is 0.574. The molecular weight excluding hydrogens is 246 g/mol. The van der Waals surface area contributed by atoms with Crippen molar-refractivity contribution in [1.82, 2.24) is 15.1 Å². The van der Waals surface area contributed by atoms with Gasteiger partial charge in [0.05, 0.1) is 5.69 Å². The minimum Gasteiger partial charge on any atom is -0.314 e. The van der Waals surface area contributed by atoms with Crippen LogP contribution in [0.25, 0.3) is 0 Å². The van der Waals surface area contributed by atoms with Gasteiger partial charge >= 0.3 is 0 Å². The summed E-state index contributed by atoms with van der Waals surface area (Å²) < 4.78 is 2.00. The summed E-state index contributed by atoms with van der Waals surface area (Å²) in [6.07, 6.45) is 9.38. The summed E-state index contributed by atoms with van der Waals surface area (Å²) >= 11 is 0. The predicted molar refractivity (Wildman–Crippen MR) is 87.1 cm³/mol. The zero-order valence-electron chi connectivity index (χ0n) is 13.7. The minimum atomic E-state index is 0.574. The maximum absolute atomic E-state index is 4.52. The molecule has 0 aliphatic carbocycles. The van der Waals surface area contributed by atoms with Gasteiger partial charge < -0.3 is 5.32 Å². The molecule has 0 spiro atoms. The van der Waals surface area contributed by atoms with Crippen LogP contribution < -0.4 is 5.32 Å². The summed E-state index contributed by atoms with van der Waals surface area (Å²) in [4.78, 5) is 0. The Morgan fingerprint density at radius 2 is 2.05 bits per heavy atom. The Morgan fingerprint density at radius 1 is 1.30 bits per heavy atom. The van der Waals surface area contributed by atoms with Gasteiger partial charge in [-0.3, -0.25) is 4.68 Å². The van der Waals surface area contributed by atoms with Gasteiger partial charge in [-0.25, -0.2) is 0 Å². The van der Waals surface area contributed by atoms with E-state index in [1.807, 2.05) is 17.8 Å². The first-order chi connectivity index (χ1) is 9.60. The maximum atomic E-state index is 4.52. The highest BCUT2D eigenvalue weighted by Gasteiger charge is 2.15. The number of unbranched alkanes of at least 4 members (excludes halogenated alkanes) is 3. The molecule has 1 aromatic heterocycles. The fourth-order valence-electron chi connectivity index (χ4n) is 2.78. The van der Waals surface area contributed by atoms with Crippen molar-refractivity contribution in [2.45, 2.75) is 65.3 Å². The molecular formula is C17H31N3. The molecule has 0 amide bonds. The monoisotopic (exact) mass is 277 g/mol. The van der Waals surface area contributed by atoms with Crippen molar-refractivity contribution in [2.24, 2.45) is 7.05 Å². The fourth-order valence-corrected chi connectivity index (χ4v) is 2.78. The number of nitrogens with one attached hydrogen (secondary N) is 1. The first-order valence-corrected chi connectivity index (χ1v) is 7.93. The van der Waals surface area contributed by atoms with E-state index in [9.17, 15) is 0 Å². The van der Waals surface area contributed by atoms with Gasteiger partial charge in [-0.15, -0.1) is 6.58 Å². The third-order valence-corrected chi connectivity index (χ3v) is 4.06. The summed E-state index contributed by atoms with van der Waals surface area (Å²) in [5.74, 6) is 0. The van der Waals surface area contributed by atoms with Crippen molar-refractivity contribution in [2.75, 3.05) is 6.54 Å². The number of likely N-dealkylation sites (N-methyl/N-ethyl adjacent to an activating group) is 1. The van der Waals surface area contributed by atoms with Gasteiger partial charge in [-0.05, 0) is 51.6 Å². The zero-order valence-corrected chi connectivity index (χ0v) is 13.7. The van der Waals surface area contributed by atoms with Crippen LogP contribution >= 0.6 is 0 Å². The van der Waals surface area contributed by atoms with E-state index in [1.165, 1.54) is 42.6 Å². The molecule has 1 N–H and O–H groups in total. The summed E-state index contributed by atoms with van der Waals surface area (Å²) in [6.45, 7) is 11.3. The van der Waals surface area contributed by atoms with E-state index in [1.54, 1.807) is 0 Å². The summed E-state index contributed by atoms with van der Waals surface area (Å²) in [5, 5.41) is 8.15. The van der Waals surface area contributed by atoms with Gasteiger partial charge in [0.25, 0.3) is 0 Å². The Kier molecular flexibility index (Phi) is 7.60.